The van der Waals surface area contributed by atoms with E-state index in [1.165, 1.54) is 32.1 Å². The van der Waals surface area contributed by atoms with Crippen molar-refractivity contribution >= 4 is 5.91 Å². The Morgan fingerprint density at radius 1 is 1.18 bits per heavy atom. The molecule has 6 nitrogen and oxygen atoms in total. The Balaban J connectivity index is 1.78. The van der Waals surface area contributed by atoms with Crippen LogP contribution < -0.4 is 14.8 Å². The molecule has 1 aromatic carbocycles. The minimum absolute atomic E-state index is 0.0559. The number of aryl methyl sites for hydroxylation is 1. The molecule has 1 heterocycles. The number of nitrogens with zero attached hydrogens (tertiary/aromatic N) is 2. The Kier molecular flexibility index (Phi) is 6.95. The minimum atomic E-state index is -0.358. The zero-order valence-corrected chi connectivity index (χ0v) is 17.1. The minimum Gasteiger partial charge on any atom is -0.497 e. The van der Waals surface area contributed by atoms with Gasteiger partial charge in [0.1, 0.15) is 23.4 Å². The molecule has 1 aliphatic carbocycles. The molecule has 1 amide bonds. The summed E-state index contributed by atoms with van der Waals surface area (Å²) in [5.41, 5.74) is 0.886. The summed E-state index contributed by atoms with van der Waals surface area (Å²) < 4.78 is 12.7. The zero-order valence-electron chi connectivity index (χ0n) is 17.1. The van der Waals surface area contributed by atoms with Crippen molar-refractivity contribution in [2.24, 2.45) is 13.0 Å². The van der Waals surface area contributed by atoms with Gasteiger partial charge in [-0.2, -0.15) is 0 Å². The third kappa shape index (κ3) is 5.06. The van der Waals surface area contributed by atoms with E-state index < -0.39 is 0 Å². The molecule has 28 heavy (non-hydrogen) atoms. The summed E-state index contributed by atoms with van der Waals surface area (Å²) in [6.07, 6.45) is 11.6. The van der Waals surface area contributed by atoms with Crippen molar-refractivity contribution in [1.82, 2.24) is 14.9 Å². The largest absolute Gasteiger partial charge is 0.497 e. The molecule has 0 bridgehead atoms. The number of carbonyl (C=O) groups excluding carboxylic acids is 1. The molecule has 1 fully saturated rings. The number of benzene rings is 1. The second-order valence-electron chi connectivity index (χ2n) is 7.59. The molecule has 1 saturated carbocycles. The molecule has 0 aliphatic heterocycles. The van der Waals surface area contributed by atoms with Crippen molar-refractivity contribution in [1.29, 1.82) is 0 Å². The summed E-state index contributed by atoms with van der Waals surface area (Å²) in [6.45, 7) is 0. The lowest BCUT2D eigenvalue weighted by molar-refractivity contribution is -0.122. The molecule has 152 valence electrons. The number of rotatable bonds is 8. The topological polar surface area (TPSA) is 65.4 Å². The van der Waals surface area contributed by atoms with E-state index >= 15 is 0 Å². The van der Waals surface area contributed by atoms with Crippen molar-refractivity contribution in [3.63, 3.8) is 0 Å². The van der Waals surface area contributed by atoms with Crippen LogP contribution in [0.2, 0.25) is 0 Å². The molecule has 0 radical (unpaired) electrons. The summed E-state index contributed by atoms with van der Waals surface area (Å²) in [4.78, 5) is 17.2. The number of aromatic nitrogens is 2. The van der Waals surface area contributed by atoms with Gasteiger partial charge in [0.05, 0.1) is 14.2 Å². The predicted octanol–water partition coefficient (Wildman–Crippen LogP) is 4.00. The predicted molar refractivity (Wildman–Crippen MR) is 109 cm³/mol. The maximum absolute atomic E-state index is 12.8. The normalized spacial score (nSPS) is 15.8. The van der Waals surface area contributed by atoms with Crippen LogP contribution in [-0.4, -0.2) is 29.7 Å². The van der Waals surface area contributed by atoms with E-state index in [0.29, 0.717) is 23.8 Å². The monoisotopic (exact) mass is 385 g/mol. The van der Waals surface area contributed by atoms with Crippen molar-refractivity contribution in [3.8, 4) is 11.5 Å². The highest BCUT2D eigenvalue weighted by molar-refractivity contribution is 5.76. The second kappa shape index (κ2) is 9.62. The van der Waals surface area contributed by atoms with Crippen LogP contribution in [-0.2, 0) is 11.8 Å². The van der Waals surface area contributed by atoms with E-state index in [-0.39, 0.29) is 11.9 Å². The molecule has 1 N–H and O–H groups in total. The van der Waals surface area contributed by atoms with Gasteiger partial charge in [0, 0.05) is 31.9 Å². The van der Waals surface area contributed by atoms with Crippen LogP contribution in [0.3, 0.4) is 0 Å². The van der Waals surface area contributed by atoms with E-state index in [0.717, 1.165) is 17.8 Å². The van der Waals surface area contributed by atoms with Gasteiger partial charge in [0.15, 0.2) is 0 Å². The van der Waals surface area contributed by atoms with Crippen LogP contribution in [0.25, 0.3) is 0 Å². The summed E-state index contributed by atoms with van der Waals surface area (Å²) in [7, 11) is 5.18. The van der Waals surface area contributed by atoms with Crippen LogP contribution in [0.15, 0.2) is 30.6 Å². The first kappa shape index (κ1) is 20.2. The van der Waals surface area contributed by atoms with Gasteiger partial charge in [0.25, 0.3) is 0 Å². The van der Waals surface area contributed by atoms with E-state index in [1.54, 1.807) is 20.4 Å². The van der Waals surface area contributed by atoms with Gasteiger partial charge in [-0.15, -0.1) is 0 Å². The summed E-state index contributed by atoms with van der Waals surface area (Å²) >= 11 is 0. The smallest absolute Gasteiger partial charge is 0.220 e. The molecule has 1 aromatic heterocycles. The van der Waals surface area contributed by atoms with Crippen molar-refractivity contribution in [2.45, 2.75) is 51.0 Å². The maximum atomic E-state index is 12.8. The van der Waals surface area contributed by atoms with Crippen LogP contribution in [0.4, 0.5) is 0 Å². The van der Waals surface area contributed by atoms with Crippen molar-refractivity contribution < 1.29 is 14.3 Å². The van der Waals surface area contributed by atoms with Crippen molar-refractivity contribution in [2.75, 3.05) is 14.2 Å². The van der Waals surface area contributed by atoms with Gasteiger partial charge < -0.3 is 19.4 Å². The Morgan fingerprint density at radius 3 is 2.43 bits per heavy atom. The first-order valence-corrected chi connectivity index (χ1v) is 10.1. The standard InChI is InChI=1S/C22H31N3O3/c1-25-12-11-23-22(25)21(17-13-18(27-2)15-19(14-17)28-3)24-20(26)10-9-16-7-5-4-6-8-16/h11-16,21H,4-10H2,1-3H3,(H,24,26). The van der Waals surface area contributed by atoms with Crippen LogP contribution in [0.5, 0.6) is 11.5 Å². The molecular weight excluding hydrogens is 354 g/mol. The highest BCUT2D eigenvalue weighted by Crippen LogP contribution is 2.30. The fourth-order valence-corrected chi connectivity index (χ4v) is 3.99. The SMILES string of the molecule is COc1cc(OC)cc(C(NC(=O)CCC2CCCCC2)c2nccn2C)c1. The number of methoxy groups -OCH3 is 2. The highest BCUT2D eigenvalue weighted by atomic mass is 16.5. The second-order valence-corrected chi connectivity index (χ2v) is 7.59. The van der Waals surface area contributed by atoms with E-state index in [4.69, 9.17) is 9.47 Å². The Labute approximate surface area is 167 Å². The number of nitrogens with one attached hydrogen (secondary N) is 1. The number of imidazole rings is 1. The average molecular weight is 386 g/mol. The number of ether oxygens (including phenoxy) is 2. The average Bonchev–Trinajstić information content (AvgIpc) is 3.16. The first-order valence-electron chi connectivity index (χ1n) is 10.1. The summed E-state index contributed by atoms with van der Waals surface area (Å²) in [5, 5.41) is 3.19. The lowest BCUT2D eigenvalue weighted by atomic mass is 9.86. The number of carbonyl (C=O) groups is 1. The van der Waals surface area contributed by atoms with Crippen LogP contribution in [0.1, 0.15) is 62.4 Å². The number of hydrogen-bond acceptors (Lipinski definition) is 4. The van der Waals surface area contributed by atoms with Crippen molar-refractivity contribution in [3.05, 3.63) is 42.0 Å². The molecule has 3 rings (SSSR count). The third-order valence-electron chi connectivity index (χ3n) is 5.63. The molecule has 1 atom stereocenters. The first-order chi connectivity index (χ1) is 13.6. The van der Waals surface area contributed by atoms with Gasteiger partial charge in [-0.05, 0) is 30.0 Å². The van der Waals surface area contributed by atoms with Gasteiger partial charge in [-0.1, -0.05) is 32.1 Å². The van der Waals surface area contributed by atoms with Gasteiger partial charge in [-0.3, -0.25) is 4.79 Å². The van der Waals surface area contributed by atoms with Crippen LogP contribution in [0, 0.1) is 5.92 Å². The molecule has 1 unspecified atom stereocenters. The van der Waals surface area contributed by atoms with Crippen LogP contribution >= 0.6 is 0 Å². The molecule has 0 spiro atoms. The Morgan fingerprint density at radius 2 is 1.86 bits per heavy atom. The summed E-state index contributed by atoms with van der Waals surface area (Å²) in [5.74, 6) is 2.89. The fraction of sp³-hybridized carbons (Fsp3) is 0.545. The Bertz CT molecular complexity index is 759. The molecule has 6 heteroatoms. The quantitative estimate of drug-likeness (QED) is 0.746. The summed E-state index contributed by atoms with van der Waals surface area (Å²) in [6, 6.07) is 5.30. The van der Waals surface area contributed by atoms with Gasteiger partial charge >= 0.3 is 0 Å². The lowest BCUT2D eigenvalue weighted by Gasteiger charge is -2.23. The number of hydrogen-bond donors (Lipinski definition) is 1. The van der Waals surface area contributed by atoms with E-state index in [2.05, 4.69) is 10.3 Å². The molecule has 1 aliphatic rings. The van der Waals surface area contributed by atoms with Gasteiger partial charge in [-0.25, -0.2) is 4.98 Å². The molecule has 2 aromatic rings. The number of amides is 1. The molecule has 0 saturated heterocycles. The highest BCUT2D eigenvalue weighted by Gasteiger charge is 2.23. The third-order valence-corrected chi connectivity index (χ3v) is 5.63. The molecular formula is C22H31N3O3. The maximum Gasteiger partial charge on any atom is 0.220 e. The zero-order chi connectivity index (χ0) is 19.9. The van der Waals surface area contributed by atoms with Gasteiger partial charge in [0.2, 0.25) is 5.91 Å². The Hall–Kier alpha value is -2.50. The lowest BCUT2D eigenvalue weighted by Crippen LogP contribution is -2.31. The fourth-order valence-electron chi connectivity index (χ4n) is 3.99. The van der Waals surface area contributed by atoms with E-state index in [9.17, 15) is 4.79 Å². The van der Waals surface area contributed by atoms with E-state index in [1.807, 2.05) is 36.0 Å².